The Kier molecular flexibility index (Phi) is 37.3. The minimum atomic E-state index is -0.893. The molecule has 0 fully saturated rings. The Morgan fingerprint density at radius 3 is 0.974 bits per heavy atom. The number of hydrogen-bond acceptors (Lipinski definition) is 6. The van der Waals surface area contributed by atoms with Gasteiger partial charge in [0.05, 0.1) is 0 Å². The Morgan fingerprint density at radius 2 is 0.842 bits per heavy atom. The van der Waals surface area contributed by atoms with Gasteiger partial charge in [0, 0.05) is 17.9 Å². The molecular weight excluding hydrogens is 608 g/mol. The van der Waals surface area contributed by atoms with Crippen LogP contribution < -0.4 is 15.3 Å². The molecule has 0 bridgehead atoms. The second-order valence-corrected chi connectivity index (χ2v) is 9.35. The summed E-state index contributed by atoms with van der Waals surface area (Å²) in [6, 6.07) is 10.3. The van der Waals surface area contributed by atoms with Crippen molar-refractivity contribution in [2.75, 3.05) is 0 Å². The molecule has 38 heavy (non-hydrogen) atoms. The zero-order valence-electron chi connectivity index (χ0n) is 25.1. The number of aliphatic carboxylic acids is 3. The maximum absolute atomic E-state index is 10.3. The number of carboxylic acid groups (broad SMARTS) is 3. The molecule has 0 aliphatic rings. The van der Waals surface area contributed by atoms with E-state index in [4.69, 9.17) is 0 Å². The van der Waals surface area contributed by atoms with Crippen LogP contribution in [0.5, 0.6) is 0 Å². The zero-order valence-corrected chi connectivity index (χ0v) is 28.2. The van der Waals surface area contributed by atoms with Gasteiger partial charge in [-0.05, 0) is 63.2 Å². The predicted octanol–water partition coefficient (Wildman–Crippen LogP) is 4.85. The zero-order chi connectivity index (χ0) is 29.1. The maximum Gasteiger partial charge on any atom is 3.00 e. The van der Waals surface area contributed by atoms with E-state index in [9.17, 15) is 29.7 Å². The van der Waals surface area contributed by atoms with Gasteiger partial charge in [-0.3, -0.25) is 0 Å². The van der Waals surface area contributed by atoms with E-state index in [0.29, 0.717) is 19.3 Å². The van der Waals surface area contributed by atoms with Crippen LogP contribution in [0.2, 0.25) is 0 Å². The Bertz CT molecular complexity index is 604. The second-order valence-electron chi connectivity index (χ2n) is 9.35. The van der Waals surface area contributed by atoms with E-state index in [2.05, 4.69) is 39.8 Å². The molecule has 3 unspecified atom stereocenters. The van der Waals surface area contributed by atoms with E-state index >= 15 is 0 Å². The fourth-order valence-corrected chi connectivity index (χ4v) is 3.35. The molecule has 6 nitrogen and oxygen atoms in total. The molecule has 3 atom stereocenters. The van der Waals surface area contributed by atoms with Crippen LogP contribution in [0.15, 0.2) is 30.3 Å². The van der Waals surface area contributed by atoms with Crippen LogP contribution in [0.25, 0.3) is 0 Å². The van der Waals surface area contributed by atoms with Crippen LogP contribution in [-0.4, -0.2) is 17.9 Å². The summed E-state index contributed by atoms with van der Waals surface area (Å²) in [5.74, 6) is -3.34. The Balaban J connectivity index is -0.000000202. The second kappa shape index (κ2) is 32.2. The third-order valence-electron chi connectivity index (χ3n) is 6.14. The summed E-state index contributed by atoms with van der Waals surface area (Å²) in [6.45, 7) is 13.9. The first-order valence-electron chi connectivity index (χ1n) is 14.2. The number of carbonyl (C=O) groups excluding carboxylic acids is 3. The normalized spacial score (nSPS) is 11.9. The molecule has 0 saturated heterocycles. The van der Waals surface area contributed by atoms with Gasteiger partial charge in [0.15, 0.2) is 0 Å². The van der Waals surface area contributed by atoms with Crippen LogP contribution in [0.3, 0.4) is 0 Å². The molecule has 0 aromatic heterocycles. The summed E-state index contributed by atoms with van der Waals surface area (Å²) in [5, 5.41) is 31.0. The van der Waals surface area contributed by atoms with Gasteiger partial charge in [-0.25, -0.2) is 0 Å². The SMILES string of the molecule is CCCCC(CC)C(=O)[O-].CCCCC(CC)C(=O)[O-].CCCCC(CC)C(=O)[O-].Cc1ccccc1.[Ce+3]. The van der Waals surface area contributed by atoms with Crippen LogP contribution in [-0.2, 0) is 14.4 Å². The number of benzene rings is 1. The van der Waals surface area contributed by atoms with Crippen molar-refractivity contribution in [3.05, 3.63) is 35.9 Å². The van der Waals surface area contributed by atoms with Gasteiger partial charge < -0.3 is 29.7 Å². The van der Waals surface area contributed by atoms with Crippen LogP contribution in [0, 0.1) is 66.4 Å². The summed E-state index contributed by atoms with van der Waals surface area (Å²) in [4.78, 5) is 31.0. The van der Waals surface area contributed by atoms with Gasteiger partial charge in [-0.1, -0.05) is 116 Å². The minimum absolute atomic E-state index is 0. The van der Waals surface area contributed by atoms with Crippen molar-refractivity contribution in [1.29, 1.82) is 0 Å². The number of aryl methyl sites for hydroxylation is 1. The summed E-state index contributed by atoms with van der Waals surface area (Å²) >= 11 is 0. The van der Waals surface area contributed by atoms with E-state index in [1.807, 2.05) is 39.0 Å². The Morgan fingerprint density at radius 1 is 0.579 bits per heavy atom. The molecular formula is C31H53CeO6. The molecule has 0 N–H and O–H groups in total. The molecule has 0 saturated carbocycles. The third kappa shape index (κ3) is 29.6. The first-order chi connectivity index (χ1) is 17.6. The van der Waals surface area contributed by atoms with Crippen molar-refractivity contribution in [2.24, 2.45) is 17.8 Å². The summed E-state index contributed by atoms with van der Waals surface area (Å²) < 4.78 is 0. The smallest absolute Gasteiger partial charge is 0.550 e. The molecule has 1 radical (unpaired) electrons. The fraction of sp³-hybridized carbons (Fsp3) is 0.710. The van der Waals surface area contributed by atoms with Crippen molar-refractivity contribution in [3.63, 3.8) is 0 Å². The van der Waals surface area contributed by atoms with E-state index < -0.39 is 17.9 Å². The first kappa shape index (κ1) is 44.0. The third-order valence-corrected chi connectivity index (χ3v) is 6.14. The monoisotopic (exact) mass is 661 g/mol. The topological polar surface area (TPSA) is 120 Å². The molecule has 1 rings (SSSR count). The van der Waals surface area contributed by atoms with Crippen LogP contribution >= 0.6 is 0 Å². The van der Waals surface area contributed by atoms with Gasteiger partial charge >= 0.3 is 41.7 Å². The van der Waals surface area contributed by atoms with Gasteiger partial charge in [0.2, 0.25) is 0 Å². The average Bonchev–Trinajstić information content (AvgIpc) is 2.86. The fourth-order valence-electron chi connectivity index (χ4n) is 3.35. The van der Waals surface area contributed by atoms with Gasteiger partial charge in [-0.15, -0.1) is 0 Å². The molecule has 7 heteroatoms. The van der Waals surface area contributed by atoms with Crippen molar-refractivity contribution in [2.45, 2.75) is 126 Å². The maximum atomic E-state index is 10.3. The average molecular weight is 662 g/mol. The number of hydrogen-bond donors (Lipinski definition) is 0. The largest absolute Gasteiger partial charge is 3.00 e. The molecule has 0 aliphatic carbocycles. The molecule has 0 spiro atoms. The van der Waals surface area contributed by atoms with E-state index in [-0.39, 0.29) is 59.5 Å². The van der Waals surface area contributed by atoms with Crippen LogP contribution in [0.1, 0.15) is 124 Å². The molecule has 0 aliphatic heterocycles. The summed E-state index contributed by atoms with van der Waals surface area (Å²) in [5.41, 5.74) is 1.32. The van der Waals surface area contributed by atoms with Gasteiger partial charge in [-0.2, -0.15) is 0 Å². The molecule has 217 valence electrons. The minimum Gasteiger partial charge on any atom is -0.550 e. The molecule has 1 aromatic rings. The summed E-state index contributed by atoms with van der Waals surface area (Å²) in [6.07, 6.45) is 10.6. The van der Waals surface area contributed by atoms with E-state index in [0.717, 1.165) is 57.8 Å². The predicted molar refractivity (Wildman–Crippen MR) is 146 cm³/mol. The van der Waals surface area contributed by atoms with Crippen molar-refractivity contribution < 1.29 is 71.5 Å². The van der Waals surface area contributed by atoms with E-state index in [1.54, 1.807) is 0 Å². The van der Waals surface area contributed by atoms with E-state index in [1.165, 1.54) is 5.56 Å². The Hall–Kier alpha value is -0.993. The van der Waals surface area contributed by atoms with Crippen molar-refractivity contribution in [1.82, 2.24) is 0 Å². The number of rotatable bonds is 15. The summed E-state index contributed by atoms with van der Waals surface area (Å²) in [7, 11) is 0. The van der Waals surface area contributed by atoms with Crippen molar-refractivity contribution in [3.8, 4) is 0 Å². The Labute approximate surface area is 266 Å². The molecule has 0 amide bonds. The standard InChI is InChI=1S/3C8H16O2.C7H8.Ce/c3*1-3-5-6-7(4-2)8(9)10;1-7-5-3-2-4-6-7;/h3*7H,3-6H2,1-2H3,(H,9,10);2-6H,1H3;/q;;;;+3/p-3. The first-order valence-corrected chi connectivity index (χ1v) is 14.2. The van der Waals surface area contributed by atoms with Gasteiger partial charge in [0.25, 0.3) is 0 Å². The number of carboxylic acids is 3. The van der Waals surface area contributed by atoms with Crippen LogP contribution in [0.4, 0.5) is 0 Å². The molecule has 0 heterocycles. The number of carbonyl (C=O) groups is 3. The molecule has 1 aromatic carbocycles. The van der Waals surface area contributed by atoms with Gasteiger partial charge in [0.1, 0.15) is 0 Å². The number of unbranched alkanes of at least 4 members (excludes halogenated alkanes) is 3. The quantitative estimate of drug-likeness (QED) is 0.265. The van der Waals surface area contributed by atoms with Crippen molar-refractivity contribution >= 4 is 17.9 Å².